The van der Waals surface area contributed by atoms with Gasteiger partial charge in [-0.2, -0.15) is 0 Å². The van der Waals surface area contributed by atoms with Crippen molar-refractivity contribution >= 4 is 17.4 Å². The molecule has 16 heavy (non-hydrogen) atoms. The third-order valence-corrected chi connectivity index (χ3v) is 2.11. The highest BCUT2D eigenvalue weighted by molar-refractivity contribution is 5.75. The number of nitrogens with one attached hydrogen (secondary N) is 2. The Morgan fingerprint density at radius 3 is 2.88 bits per heavy atom. The number of pyridine rings is 1. The van der Waals surface area contributed by atoms with Crippen molar-refractivity contribution < 1.29 is 4.79 Å². The number of carbonyl (C=O) groups is 1. The predicted octanol–water partition coefficient (Wildman–Crippen LogP) is 0.910. The maximum atomic E-state index is 11.0. The molecule has 0 aromatic carbocycles. The number of amides is 1. The quantitative estimate of drug-likeness (QED) is 0.647. The number of nitrogens with zero attached hydrogens (tertiary/aromatic N) is 1. The number of nitrogens with two attached hydrogens (primary N) is 1. The molecular weight excluding hydrogens is 204 g/mol. The molecule has 1 heterocycles. The van der Waals surface area contributed by atoms with Crippen LogP contribution in [0.25, 0.3) is 0 Å². The summed E-state index contributed by atoms with van der Waals surface area (Å²) in [4.78, 5) is 15.1. The number of aryl methyl sites for hydroxylation is 1. The minimum Gasteiger partial charge on any atom is -0.396 e. The van der Waals surface area contributed by atoms with Crippen LogP contribution >= 0.6 is 0 Å². The SMILES string of the molecule is CCC(=O)NCCNc1ncc(C)cc1N. The van der Waals surface area contributed by atoms with E-state index in [9.17, 15) is 4.79 Å². The molecule has 0 aliphatic carbocycles. The van der Waals surface area contributed by atoms with Crippen LogP contribution in [0.3, 0.4) is 0 Å². The van der Waals surface area contributed by atoms with Crippen LogP contribution in [-0.4, -0.2) is 24.0 Å². The highest BCUT2D eigenvalue weighted by atomic mass is 16.1. The van der Waals surface area contributed by atoms with Gasteiger partial charge in [0, 0.05) is 25.7 Å². The molecule has 1 amide bonds. The van der Waals surface area contributed by atoms with Crippen LogP contribution in [0.2, 0.25) is 0 Å². The first-order chi connectivity index (χ1) is 7.63. The van der Waals surface area contributed by atoms with E-state index in [1.807, 2.05) is 19.9 Å². The summed E-state index contributed by atoms with van der Waals surface area (Å²) in [6.45, 7) is 4.95. The van der Waals surface area contributed by atoms with Gasteiger partial charge < -0.3 is 16.4 Å². The lowest BCUT2D eigenvalue weighted by Gasteiger charge is -2.09. The Hall–Kier alpha value is -1.78. The monoisotopic (exact) mass is 222 g/mol. The average molecular weight is 222 g/mol. The minimum atomic E-state index is 0.0478. The summed E-state index contributed by atoms with van der Waals surface area (Å²) < 4.78 is 0. The molecule has 1 aromatic rings. The van der Waals surface area contributed by atoms with Crippen molar-refractivity contribution in [1.29, 1.82) is 0 Å². The van der Waals surface area contributed by atoms with Crippen LogP contribution in [0.5, 0.6) is 0 Å². The van der Waals surface area contributed by atoms with Gasteiger partial charge in [-0.15, -0.1) is 0 Å². The van der Waals surface area contributed by atoms with E-state index in [-0.39, 0.29) is 5.91 Å². The normalized spacial score (nSPS) is 9.88. The van der Waals surface area contributed by atoms with Gasteiger partial charge >= 0.3 is 0 Å². The summed E-state index contributed by atoms with van der Waals surface area (Å²) in [5.74, 6) is 0.711. The van der Waals surface area contributed by atoms with E-state index in [0.29, 0.717) is 31.0 Å². The number of aromatic nitrogens is 1. The second-order valence-corrected chi connectivity index (χ2v) is 3.58. The topological polar surface area (TPSA) is 80.0 Å². The molecule has 0 unspecified atom stereocenters. The Bertz CT molecular complexity index is 365. The Morgan fingerprint density at radius 2 is 2.25 bits per heavy atom. The summed E-state index contributed by atoms with van der Waals surface area (Å²) in [6.07, 6.45) is 2.26. The van der Waals surface area contributed by atoms with Crippen LogP contribution in [0.1, 0.15) is 18.9 Å². The van der Waals surface area contributed by atoms with Crippen molar-refractivity contribution in [3.63, 3.8) is 0 Å². The van der Waals surface area contributed by atoms with Gasteiger partial charge in [-0.1, -0.05) is 6.92 Å². The fourth-order valence-electron chi connectivity index (χ4n) is 1.25. The Kier molecular flexibility index (Phi) is 4.57. The molecule has 88 valence electrons. The summed E-state index contributed by atoms with van der Waals surface area (Å²) in [7, 11) is 0. The van der Waals surface area contributed by atoms with Gasteiger partial charge in [-0.3, -0.25) is 4.79 Å². The van der Waals surface area contributed by atoms with Crippen LogP contribution < -0.4 is 16.4 Å². The van der Waals surface area contributed by atoms with Crippen LogP contribution in [0.15, 0.2) is 12.3 Å². The standard InChI is InChI=1S/C11H18N4O/c1-3-10(16)13-4-5-14-11-9(12)6-8(2)7-15-11/h6-7H,3-5,12H2,1-2H3,(H,13,16)(H,14,15). The van der Waals surface area contributed by atoms with E-state index in [1.165, 1.54) is 0 Å². The molecule has 0 fully saturated rings. The Balaban J connectivity index is 2.35. The number of carbonyl (C=O) groups excluding carboxylic acids is 1. The first-order valence-electron chi connectivity index (χ1n) is 5.36. The van der Waals surface area contributed by atoms with Crippen molar-refractivity contribution in [2.75, 3.05) is 24.1 Å². The van der Waals surface area contributed by atoms with Crippen LogP contribution in [0.4, 0.5) is 11.5 Å². The summed E-state index contributed by atoms with van der Waals surface area (Å²) >= 11 is 0. The van der Waals surface area contributed by atoms with Crippen molar-refractivity contribution in [1.82, 2.24) is 10.3 Å². The van der Waals surface area contributed by atoms with Gasteiger partial charge in [0.15, 0.2) is 0 Å². The fraction of sp³-hybridized carbons (Fsp3) is 0.455. The molecule has 0 radical (unpaired) electrons. The average Bonchev–Trinajstić information content (AvgIpc) is 2.26. The van der Waals surface area contributed by atoms with Gasteiger partial charge in [0.1, 0.15) is 5.82 Å². The van der Waals surface area contributed by atoms with Gasteiger partial charge in [-0.25, -0.2) is 4.98 Å². The fourth-order valence-corrected chi connectivity index (χ4v) is 1.25. The first kappa shape index (κ1) is 12.3. The highest BCUT2D eigenvalue weighted by Crippen LogP contribution is 2.14. The molecule has 0 atom stereocenters. The molecule has 0 aliphatic heterocycles. The zero-order valence-electron chi connectivity index (χ0n) is 9.71. The van der Waals surface area contributed by atoms with E-state index >= 15 is 0 Å². The lowest BCUT2D eigenvalue weighted by Crippen LogP contribution is -2.28. The van der Waals surface area contributed by atoms with Crippen molar-refractivity contribution in [3.8, 4) is 0 Å². The van der Waals surface area contributed by atoms with Gasteiger partial charge in [0.25, 0.3) is 0 Å². The van der Waals surface area contributed by atoms with Crippen LogP contribution in [-0.2, 0) is 4.79 Å². The molecule has 0 aliphatic rings. The molecule has 0 bridgehead atoms. The second-order valence-electron chi connectivity index (χ2n) is 3.58. The highest BCUT2D eigenvalue weighted by Gasteiger charge is 2.00. The molecule has 0 saturated heterocycles. The smallest absolute Gasteiger partial charge is 0.219 e. The van der Waals surface area contributed by atoms with E-state index in [1.54, 1.807) is 6.20 Å². The molecule has 0 saturated carbocycles. The molecule has 5 heteroatoms. The zero-order valence-corrected chi connectivity index (χ0v) is 9.71. The second kappa shape index (κ2) is 5.95. The lowest BCUT2D eigenvalue weighted by molar-refractivity contribution is -0.120. The number of rotatable bonds is 5. The number of nitrogen functional groups attached to an aromatic ring is 1. The number of hydrogen-bond acceptors (Lipinski definition) is 4. The molecule has 1 aromatic heterocycles. The summed E-state index contributed by atoms with van der Waals surface area (Å²) in [5, 5.41) is 5.83. The lowest BCUT2D eigenvalue weighted by atomic mass is 10.3. The van der Waals surface area contributed by atoms with E-state index in [4.69, 9.17) is 5.73 Å². The Morgan fingerprint density at radius 1 is 1.50 bits per heavy atom. The minimum absolute atomic E-state index is 0.0478. The molecule has 5 nitrogen and oxygen atoms in total. The van der Waals surface area contributed by atoms with E-state index < -0.39 is 0 Å². The number of hydrogen-bond donors (Lipinski definition) is 3. The first-order valence-corrected chi connectivity index (χ1v) is 5.36. The summed E-state index contributed by atoms with van der Waals surface area (Å²) in [5.41, 5.74) is 7.43. The van der Waals surface area contributed by atoms with Gasteiger partial charge in [-0.05, 0) is 18.6 Å². The van der Waals surface area contributed by atoms with Gasteiger partial charge in [0.2, 0.25) is 5.91 Å². The Labute approximate surface area is 95.4 Å². The van der Waals surface area contributed by atoms with Crippen molar-refractivity contribution in [3.05, 3.63) is 17.8 Å². The summed E-state index contributed by atoms with van der Waals surface area (Å²) in [6, 6.07) is 1.86. The van der Waals surface area contributed by atoms with E-state index in [0.717, 1.165) is 5.56 Å². The molecular formula is C11H18N4O. The molecule has 1 rings (SSSR count). The van der Waals surface area contributed by atoms with E-state index in [2.05, 4.69) is 15.6 Å². The largest absolute Gasteiger partial charge is 0.396 e. The maximum absolute atomic E-state index is 11.0. The third-order valence-electron chi connectivity index (χ3n) is 2.11. The predicted molar refractivity (Wildman–Crippen MR) is 65.2 cm³/mol. The molecule has 0 spiro atoms. The van der Waals surface area contributed by atoms with Crippen molar-refractivity contribution in [2.24, 2.45) is 0 Å². The maximum Gasteiger partial charge on any atom is 0.219 e. The number of anilines is 2. The van der Waals surface area contributed by atoms with Crippen LogP contribution in [0, 0.1) is 6.92 Å². The third kappa shape index (κ3) is 3.76. The molecule has 4 N–H and O–H groups in total. The zero-order chi connectivity index (χ0) is 12.0. The van der Waals surface area contributed by atoms with Gasteiger partial charge in [0.05, 0.1) is 5.69 Å². The van der Waals surface area contributed by atoms with Crippen molar-refractivity contribution in [2.45, 2.75) is 20.3 Å².